The summed E-state index contributed by atoms with van der Waals surface area (Å²) in [5.41, 5.74) is 0.118. The maximum absolute atomic E-state index is 5.49. The second-order valence-electron chi connectivity index (χ2n) is 3.26. The fourth-order valence-electron chi connectivity index (χ4n) is 0.438. The van der Waals surface area contributed by atoms with Gasteiger partial charge in [-0.15, -0.1) is 0 Å². The summed E-state index contributed by atoms with van der Waals surface area (Å²) in [6.45, 7) is 6.96. The van der Waals surface area contributed by atoms with Gasteiger partial charge in [0.15, 0.2) is 0 Å². The molecule has 2 nitrogen and oxygen atoms in total. The summed E-state index contributed by atoms with van der Waals surface area (Å²) >= 11 is 1.80. The zero-order valence-electron chi connectivity index (χ0n) is 6.65. The van der Waals surface area contributed by atoms with Crippen LogP contribution < -0.4 is 5.32 Å². The predicted octanol–water partition coefficient (Wildman–Crippen LogP) is 1.24. The Morgan fingerprint density at radius 2 is 2.10 bits per heavy atom. The monoisotopic (exact) mass is 253 g/mol. The minimum atomic E-state index is -0.208. The van der Waals surface area contributed by atoms with Gasteiger partial charge in [-0.2, -0.15) is 0 Å². The van der Waals surface area contributed by atoms with Gasteiger partial charge in [0.25, 0.3) is 0 Å². The van der Waals surface area contributed by atoms with E-state index in [9.17, 15) is 0 Å². The lowest BCUT2D eigenvalue weighted by molar-refractivity contribution is 0.324. The van der Waals surface area contributed by atoms with Crippen molar-refractivity contribution in [1.29, 1.82) is 0 Å². The Bertz CT molecular complexity index is 94.2. The minimum Gasteiger partial charge on any atom is -0.321 e. The van der Waals surface area contributed by atoms with Gasteiger partial charge >= 0.3 is 0 Å². The molecule has 0 bridgehead atoms. The largest absolute Gasteiger partial charge is 0.321 e. The van der Waals surface area contributed by atoms with Gasteiger partial charge in [0.2, 0.25) is 0 Å². The number of hydrogen-bond donors (Lipinski definition) is 1. The van der Waals surface area contributed by atoms with Crippen LogP contribution in [0, 0.1) is 0 Å². The van der Waals surface area contributed by atoms with E-state index >= 15 is 0 Å². The highest BCUT2D eigenvalue weighted by Gasteiger charge is 2.09. The van der Waals surface area contributed by atoms with Gasteiger partial charge in [-0.05, 0) is 20.8 Å². The van der Waals surface area contributed by atoms with Gasteiger partial charge < -0.3 is 8.38 Å². The maximum atomic E-state index is 5.49. The molecule has 1 unspecified atom stereocenters. The fraction of sp³-hybridized carbons (Fsp3) is 1.00. The minimum absolute atomic E-state index is 0.118. The van der Waals surface area contributed by atoms with Crippen molar-refractivity contribution in [2.45, 2.75) is 32.3 Å². The highest BCUT2D eigenvalue weighted by atomic mass is 127. The predicted molar refractivity (Wildman–Crippen MR) is 52.4 cm³/mol. The molecule has 1 atom stereocenters. The quantitative estimate of drug-likeness (QED) is 0.603. The average molecular weight is 253 g/mol. The average Bonchev–Trinajstić information content (AvgIpc) is 1.81. The van der Waals surface area contributed by atoms with Crippen LogP contribution in [0.4, 0.5) is 0 Å². The van der Waals surface area contributed by atoms with E-state index < -0.39 is 0 Å². The van der Waals surface area contributed by atoms with Gasteiger partial charge in [-0.1, -0.05) is 0 Å². The van der Waals surface area contributed by atoms with E-state index in [2.05, 4.69) is 26.1 Å². The summed E-state index contributed by atoms with van der Waals surface area (Å²) in [7, 11) is 5.49. The third-order valence-electron chi connectivity index (χ3n) is 0.948. The Morgan fingerprint density at radius 1 is 1.60 bits per heavy atom. The van der Waals surface area contributed by atoms with E-state index in [1.54, 1.807) is 23.0 Å². The standard InChI is InChI=1S/C6H13BINO/c1-6(2,3)9-4-5(7)10-8/h5,9H,4H2,1-3H3. The van der Waals surface area contributed by atoms with E-state index in [4.69, 9.17) is 10.9 Å². The summed E-state index contributed by atoms with van der Waals surface area (Å²) in [6, 6.07) is -0.208. The molecule has 2 radical (unpaired) electrons. The summed E-state index contributed by atoms with van der Waals surface area (Å²) in [5.74, 6) is 0. The molecule has 0 amide bonds. The van der Waals surface area contributed by atoms with E-state index in [1.807, 2.05) is 0 Å². The van der Waals surface area contributed by atoms with E-state index in [0.29, 0.717) is 6.54 Å². The molecule has 1 N–H and O–H groups in total. The highest BCUT2D eigenvalue weighted by Crippen LogP contribution is 1.99. The second kappa shape index (κ2) is 4.56. The first kappa shape index (κ1) is 10.7. The summed E-state index contributed by atoms with van der Waals surface area (Å²) in [5, 5.41) is 3.22. The van der Waals surface area contributed by atoms with Gasteiger partial charge in [-0.3, -0.25) is 0 Å². The summed E-state index contributed by atoms with van der Waals surface area (Å²) in [4.78, 5) is 0. The molecule has 0 saturated heterocycles. The first-order chi connectivity index (χ1) is 4.45. The highest BCUT2D eigenvalue weighted by molar-refractivity contribution is 14.1. The van der Waals surface area contributed by atoms with E-state index in [1.165, 1.54) is 0 Å². The van der Waals surface area contributed by atoms with Crippen LogP contribution in [-0.4, -0.2) is 25.9 Å². The van der Waals surface area contributed by atoms with Crippen LogP contribution in [-0.2, 0) is 3.07 Å². The smallest absolute Gasteiger partial charge is 0.112 e. The molecule has 0 aromatic heterocycles. The van der Waals surface area contributed by atoms with Crippen molar-refractivity contribution in [3.8, 4) is 0 Å². The van der Waals surface area contributed by atoms with Gasteiger partial charge in [0.05, 0.1) is 0 Å². The van der Waals surface area contributed by atoms with Crippen molar-refractivity contribution in [3.05, 3.63) is 0 Å². The zero-order valence-corrected chi connectivity index (χ0v) is 8.81. The lowest BCUT2D eigenvalue weighted by Crippen LogP contribution is -2.41. The molecule has 10 heavy (non-hydrogen) atoms. The molecule has 0 aliphatic carbocycles. The van der Waals surface area contributed by atoms with Gasteiger partial charge in [0.1, 0.15) is 30.9 Å². The van der Waals surface area contributed by atoms with Crippen molar-refractivity contribution in [2.75, 3.05) is 6.54 Å². The van der Waals surface area contributed by atoms with Crippen molar-refractivity contribution < 1.29 is 3.07 Å². The SMILES string of the molecule is [B]C(CNC(C)(C)C)OI. The molecule has 0 aromatic rings. The van der Waals surface area contributed by atoms with Gasteiger partial charge in [0, 0.05) is 18.1 Å². The molecule has 0 rings (SSSR count). The lowest BCUT2D eigenvalue weighted by Gasteiger charge is -2.22. The van der Waals surface area contributed by atoms with Crippen LogP contribution in [0.1, 0.15) is 20.8 Å². The van der Waals surface area contributed by atoms with Crippen LogP contribution >= 0.6 is 23.0 Å². The molecular weight excluding hydrogens is 240 g/mol. The zero-order chi connectivity index (χ0) is 8.20. The number of nitrogens with one attached hydrogen (secondary N) is 1. The van der Waals surface area contributed by atoms with Crippen molar-refractivity contribution in [1.82, 2.24) is 5.32 Å². The first-order valence-corrected chi connectivity index (χ1v) is 4.12. The van der Waals surface area contributed by atoms with Crippen LogP contribution in [0.2, 0.25) is 0 Å². The van der Waals surface area contributed by atoms with Crippen molar-refractivity contribution in [3.63, 3.8) is 0 Å². The number of rotatable bonds is 3. The first-order valence-electron chi connectivity index (χ1n) is 3.24. The summed E-state index contributed by atoms with van der Waals surface area (Å²) in [6.07, 6.45) is 0. The third-order valence-corrected chi connectivity index (χ3v) is 1.60. The molecule has 0 aliphatic rings. The van der Waals surface area contributed by atoms with Crippen LogP contribution in [0.3, 0.4) is 0 Å². The molecule has 0 spiro atoms. The van der Waals surface area contributed by atoms with Crippen LogP contribution in [0.15, 0.2) is 0 Å². The Labute approximate surface area is 78.2 Å². The van der Waals surface area contributed by atoms with E-state index in [-0.39, 0.29) is 11.5 Å². The molecule has 0 heterocycles. The molecule has 0 aliphatic heterocycles. The van der Waals surface area contributed by atoms with Crippen molar-refractivity contribution in [2.24, 2.45) is 0 Å². The lowest BCUT2D eigenvalue weighted by atomic mass is 9.99. The molecule has 4 heteroatoms. The maximum Gasteiger partial charge on any atom is 0.112 e. The van der Waals surface area contributed by atoms with Crippen LogP contribution in [0.5, 0.6) is 0 Å². The number of halogens is 1. The Hall–Kier alpha value is 0.715. The van der Waals surface area contributed by atoms with Gasteiger partial charge in [-0.25, -0.2) is 0 Å². The second-order valence-corrected chi connectivity index (χ2v) is 3.77. The molecular formula is C6H13BINO. The van der Waals surface area contributed by atoms with Crippen molar-refractivity contribution >= 4 is 30.9 Å². The fourth-order valence-corrected chi connectivity index (χ4v) is 0.618. The Morgan fingerprint density at radius 3 is 2.40 bits per heavy atom. The normalized spacial score (nSPS) is 15.2. The number of hydrogen-bond acceptors (Lipinski definition) is 2. The summed E-state index contributed by atoms with van der Waals surface area (Å²) < 4.78 is 4.83. The molecule has 0 fully saturated rings. The third kappa shape index (κ3) is 6.83. The van der Waals surface area contributed by atoms with E-state index in [0.717, 1.165) is 0 Å². The molecule has 58 valence electrons. The van der Waals surface area contributed by atoms with Crippen LogP contribution in [0.25, 0.3) is 0 Å². The Kier molecular flexibility index (Phi) is 4.89. The molecule has 0 saturated carbocycles. The Balaban J connectivity index is 3.36. The molecule has 0 aromatic carbocycles. The topological polar surface area (TPSA) is 21.3 Å².